The molecule has 1 atom stereocenters. The number of aryl methyl sites for hydroxylation is 1. The Morgan fingerprint density at radius 1 is 1.25 bits per heavy atom. The molecule has 1 heterocycles. The summed E-state index contributed by atoms with van der Waals surface area (Å²) < 4.78 is 5.17. The maximum absolute atomic E-state index is 5.17. The lowest BCUT2D eigenvalue weighted by Gasteiger charge is -2.13. The SMILES string of the molecule is COc1ccc(CCC(C)NCCc2nccs2)cc1. The van der Waals surface area contributed by atoms with Crippen LogP contribution in [0.25, 0.3) is 0 Å². The minimum Gasteiger partial charge on any atom is -0.497 e. The summed E-state index contributed by atoms with van der Waals surface area (Å²) in [6.45, 7) is 3.24. The fraction of sp³-hybridized carbons (Fsp3) is 0.438. The first kappa shape index (κ1) is 15.0. The molecule has 0 aliphatic carbocycles. The highest BCUT2D eigenvalue weighted by Crippen LogP contribution is 2.13. The van der Waals surface area contributed by atoms with Crippen LogP contribution in [-0.2, 0) is 12.8 Å². The molecule has 2 aromatic rings. The van der Waals surface area contributed by atoms with Crippen molar-refractivity contribution in [1.29, 1.82) is 0 Å². The van der Waals surface area contributed by atoms with E-state index in [4.69, 9.17) is 4.74 Å². The summed E-state index contributed by atoms with van der Waals surface area (Å²) in [5.74, 6) is 0.920. The highest BCUT2D eigenvalue weighted by atomic mass is 32.1. The van der Waals surface area contributed by atoms with E-state index < -0.39 is 0 Å². The van der Waals surface area contributed by atoms with E-state index in [0.717, 1.165) is 31.6 Å². The first-order chi connectivity index (χ1) is 9.78. The Labute approximate surface area is 125 Å². The minimum atomic E-state index is 0.525. The van der Waals surface area contributed by atoms with Gasteiger partial charge in [0.2, 0.25) is 0 Å². The zero-order valence-electron chi connectivity index (χ0n) is 12.1. The third kappa shape index (κ3) is 4.94. The molecule has 0 amide bonds. The largest absolute Gasteiger partial charge is 0.497 e. The van der Waals surface area contributed by atoms with Crippen molar-refractivity contribution in [3.8, 4) is 5.75 Å². The molecule has 0 spiro atoms. The molecule has 0 saturated carbocycles. The van der Waals surface area contributed by atoms with Gasteiger partial charge in [-0.05, 0) is 37.5 Å². The third-order valence-electron chi connectivity index (χ3n) is 3.34. The average Bonchev–Trinajstić information content (AvgIpc) is 2.99. The Kier molecular flexibility index (Phi) is 6.02. The summed E-state index contributed by atoms with van der Waals surface area (Å²) in [5.41, 5.74) is 1.36. The quantitative estimate of drug-likeness (QED) is 0.810. The van der Waals surface area contributed by atoms with E-state index in [0.29, 0.717) is 6.04 Å². The van der Waals surface area contributed by atoms with Crippen molar-refractivity contribution in [2.45, 2.75) is 32.2 Å². The predicted octanol–water partition coefficient (Wildman–Crippen LogP) is 3.31. The Morgan fingerprint density at radius 3 is 2.70 bits per heavy atom. The van der Waals surface area contributed by atoms with Crippen molar-refractivity contribution in [3.05, 3.63) is 46.4 Å². The van der Waals surface area contributed by atoms with Crippen LogP contribution in [0, 0.1) is 0 Å². The maximum Gasteiger partial charge on any atom is 0.118 e. The molecule has 0 aliphatic heterocycles. The van der Waals surface area contributed by atoms with Gasteiger partial charge in [0.25, 0.3) is 0 Å². The van der Waals surface area contributed by atoms with Crippen LogP contribution in [0.15, 0.2) is 35.8 Å². The Bertz CT molecular complexity index is 482. The van der Waals surface area contributed by atoms with E-state index in [1.165, 1.54) is 10.6 Å². The molecule has 0 saturated heterocycles. The van der Waals surface area contributed by atoms with Crippen LogP contribution in [0.1, 0.15) is 23.9 Å². The number of benzene rings is 1. The van der Waals surface area contributed by atoms with Crippen LogP contribution in [0.5, 0.6) is 5.75 Å². The molecule has 108 valence electrons. The third-order valence-corrected chi connectivity index (χ3v) is 4.18. The average molecular weight is 290 g/mol. The number of rotatable bonds is 8. The molecule has 4 heteroatoms. The molecule has 1 aromatic heterocycles. The van der Waals surface area contributed by atoms with Gasteiger partial charge in [-0.25, -0.2) is 4.98 Å². The Morgan fingerprint density at radius 2 is 2.05 bits per heavy atom. The van der Waals surface area contributed by atoms with Gasteiger partial charge in [-0.1, -0.05) is 12.1 Å². The lowest BCUT2D eigenvalue weighted by Crippen LogP contribution is -2.28. The number of thiazole rings is 1. The minimum absolute atomic E-state index is 0.525. The van der Waals surface area contributed by atoms with Crippen molar-refractivity contribution in [2.75, 3.05) is 13.7 Å². The van der Waals surface area contributed by atoms with Crippen molar-refractivity contribution in [2.24, 2.45) is 0 Å². The van der Waals surface area contributed by atoms with Crippen molar-refractivity contribution in [1.82, 2.24) is 10.3 Å². The maximum atomic E-state index is 5.17. The van der Waals surface area contributed by atoms with E-state index in [1.807, 2.05) is 23.7 Å². The molecule has 0 bridgehead atoms. The van der Waals surface area contributed by atoms with Gasteiger partial charge >= 0.3 is 0 Å². The van der Waals surface area contributed by atoms with E-state index in [-0.39, 0.29) is 0 Å². The van der Waals surface area contributed by atoms with Crippen molar-refractivity contribution >= 4 is 11.3 Å². The number of ether oxygens (including phenoxy) is 1. The summed E-state index contributed by atoms with van der Waals surface area (Å²) in [6.07, 6.45) is 5.12. The monoisotopic (exact) mass is 290 g/mol. The normalized spacial score (nSPS) is 12.3. The van der Waals surface area contributed by atoms with Gasteiger partial charge < -0.3 is 10.1 Å². The highest BCUT2D eigenvalue weighted by Gasteiger charge is 2.03. The number of methoxy groups -OCH3 is 1. The number of nitrogens with one attached hydrogen (secondary N) is 1. The second-order valence-corrected chi connectivity index (χ2v) is 5.90. The van der Waals surface area contributed by atoms with Crippen LogP contribution in [0.4, 0.5) is 0 Å². The summed E-state index contributed by atoms with van der Waals surface area (Å²) in [4.78, 5) is 4.29. The summed E-state index contributed by atoms with van der Waals surface area (Å²) in [5, 5.41) is 6.79. The molecule has 1 aromatic carbocycles. The van der Waals surface area contributed by atoms with E-state index in [2.05, 4.69) is 29.4 Å². The Balaban J connectivity index is 1.65. The first-order valence-electron chi connectivity index (χ1n) is 7.02. The van der Waals surface area contributed by atoms with Crippen LogP contribution >= 0.6 is 11.3 Å². The van der Waals surface area contributed by atoms with Crippen molar-refractivity contribution in [3.63, 3.8) is 0 Å². The van der Waals surface area contributed by atoms with Gasteiger partial charge in [-0.3, -0.25) is 0 Å². The first-order valence-corrected chi connectivity index (χ1v) is 7.90. The van der Waals surface area contributed by atoms with Gasteiger partial charge in [-0.2, -0.15) is 0 Å². The number of aromatic nitrogens is 1. The molecule has 1 N–H and O–H groups in total. The van der Waals surface area contributed by atoms with Gasteiger partial charge in [-0.15, -0.1) is 11.3 Å². The van der Waals surface area contributed by atoms with Crippen LogP contribution in [-0.4, -0.2) is 24.7 Å². The molecule has 1 unspecified atom stereocenters. The topological polar surface area (TPSA) is 34.1 Å². The highest BCUT2D eigenvalue weighted by molar-refractivity contribution is 7.09. The lowest BCUT2D eigenvalue weighted by molar-refractivity contribution is 0.414. The van der Waals surface area contributed by atoms with Crippen molar-refractivity contribution < 1.29 is 4.74 Å². The summed E-state index contributed by atoms with van der Waals surface area (Å²) >= 11 is 1.73. The van der Waals surface area contributed by atoms with Crippen LogP contribution in [0.3, 0.4) is 0 Å². The smallest absolute Gasteiger partial charge is 0.118 e. The fourth-order valence-corrected chi connectivity index (χ4v) is 2.70. The van der Waals surface area contributed by atoms with Crippen LogP contribution in [0.2, 0.25) is 0 Å². The second-order valence-electron chi connectivity index (χ2n) is 4.92. The second kappa shape index (κ2) is 8.02. The van der Waals surface area contributed by atoms with E-state index in [1.54, 1.807) is 18.4 Å². The van der Waals surface area contributed by atoms with Gasteiger partial charge in [0.05, 0.1) is 12.1 Å². The fourth-order valence-electron chi connectivity index (χ4n) is 2.08. The summed E-state index contributed by atoms with van der Waals surface area (Å²) in [7, 11) is 1.70. The van der Waals surface area contributed by atoms with Gasteiger partial charge in [0, 0.05) is 30.6 Å². The molecule has 2 rings (SSSR count). The summed E-state index contributed by atoms with van der Waals surface area (Å²) in [6, 6.07) is 8.85. The predicted molar refractivity (Wildman–Crippen MR) is 84.6 cm³/mol. The number of hydrogen-bond acceptors (Lipinski definition) is 4. The molecule has 0 aliphatic rings. The molecule has 0 fully saturated rings. The van der Waals surface area contributed by atoms with Crippen LogP contribution < -0.4 is 10.1 Å². The lowest BCUT2D eigenvalue weighted by atomic mass is 10.1. The molecule has 20 heavy (non-hydrogen) atoms. The van der Waals surface area contributed by atoms with E-state index in [9.17, 15) is 0 Å². The van der Waals surface area contributed by atoms with Gasteiger partial charge in [0.15, 0.2) is 0 Å². The molecule has 3 nitrogen and oxygen atoms in total. The zero-order valence-corrected chi connectivity index (χ0v) is 13.0. The number of hydrogen-bond donors (Lipinski definition) is 1. The molecular formula is C16H22N2OS. The van der Waals surface area contributed by atoms with E-state index >= 15 is 0 Å². The molecular weight excluding hydrogens is 268 g/mol. The standard InChI is InChI=1S/C16H22N2OS/c1-13(17-10-9-16-18-11-12-20-16)3-4-14-5-7-15(19-2)8-6-14/h5-8,11-13,17H,3-4,9-10H2,1-2H3. The molecule has 0 radical (unpaired) electrons. The Hall–Kier alpha value is -1.39. The van der Waals surface area contributed by atoms with Gasteiger partial charge in [0.1, 0.15) is 5.75 Å². The zero-order chi connectivity index (χ0) is 14.2. The number of nitrogens with zero attached hydrogens (tertiary/aromatic N) is 1.